The van der Waals surface area contributed by atoms with Crippen LogP contribution in [-0.4, -0.2) is 234 Å². The lowest BCUT2D eigenvalue weighted by atomic mass is 10.0. The molecule has 86 heavy (non-hydrogen) atoms. The van der Waals surface area contributed by atoms with Crippen LogP contribution in [0.4, 0.5) is 23.2 Å². The Morgan fingerprint density at radius 1 is 0.558 bits per heavy atom. The number of nitrogens with zero attached hydrogens (tertiary/aromatic N) is 3. The van der Waals surface area contributed by atoms with E-state index in [9.17, 15) is 35.6 Å². The largest absolute Gasteiger partial charge is 0.420 e. The summed E-state index contributed by atoms with van der Waals surface area (Å²) in [5.74, 6) is -9.23. The molecule has 484 valence electrons. The van der Waals surface area contributed by atoms with Crippen molar-refractivity contribution in [2.45, 2.75) is 44.4 Å². The molecule has 0 bridgehead atoms. The number of hydrogen-bond donors (Lipinski definition) is 2. The van der Waals surface area contributed by atoms with Gasteiger partial charge in [-0.2, -0.15) is 8.78 Å². The Balaban J connectivity index is 0.845. The number of fused-ring (bicyclic) bond motifs is 1. The predicted octanol–water partition coefficient (Wildman–Crippen LogP) is 5.74. The van der Waals surface area contributed by atoms with Crippen LogP contribution in [-0.2, 0) is 76.5 Å². The van der Waals surface area contributed by atoms with E-state index in [-0.39, 0.29) is 62.9 Å². The molecule has 1 amide bonds. The monoisotopic (exact) mass is 1250 g/mol. The second-order valence-corrected chi connectivity index (χ2v) is 20.9. The van der Waals surface area contributed by atoms with Gasteiger partial charge in [0.15, 0.2) is 11.6 Å². The number of carbonyl (C=O) groups excluding carboxylic acids is 2. The number of amidine groups is 1. The van der Waals surface area contributed by atoms with Crippen LogP contribution in [0.1, 0.15) is 45.1 Å². The number of halogens is 4. The molecule has 0 spiro atoms. The topological polar surface area (TPSA) is 245 Å². The minimum atomic E-state index is -3.82. The highest BCUT2D eigenvalue weighted by Gasteiger charge is 2.24. The molecule has 0 atom stereocenters. The minimum absolute atomic E-state index is 0.0148. The summed E-state index contributed by atoms with van der Waals surface area (Å²) < 4.78 is 153. The van der Waals surface area contributed by atoms with Gasteiger partial charge in [-0.25, -0.2) is 26.9 Å². The van der Waals surface area contributed by atoms with Crippen LogP contribution in [0.15, 0.2) is 64.0 Å². The van der Waals surface area contributed by atoms with Crippen molar-refractivity contribution in [2.24, 2.45) is 10.7 Å². The number of nitrogens with one attached hydrogen (secondary N) is 1. The number of sulfonamides is 1. The zero-order chi connectivity index (χ0) is 62.0. The van der Waals surface area contributed by atoms with Gasteiger partial charge >= 0.3 is 5.97 Å². The van der Waals surface area contributed by atoms with Crippen molar-refractivity contribution in [3.8, 4) is 16.9 Å². The van der Waals surface area contributed by atoms with Crippen molar-refractivity contribution in [3.05, 3.63) is 82.9 Å². The summed E-state index contributed by atoms with van der Waals surface area (Å²) in [7, 11) is -1.84. The van der Waals surface area contributed by atoms with Gasteiger partial charge in [0, 0.05) is 56.3 Å². The summed E-state index contributed by atoms with van der Waals surface area (Å²) in [5.41, 5.74) is 9.72. The van der Waals surface area contributed by atoms with Crippen molar-refractivity contribution >= 4 is 39.5 Å². The van der Waals surface area contributed by atoms with Gasteiger partial charge in [0.25, 0.3) is 0 Å². The van der Waals surface area contributed by atoms with E-state index in [4.69, 9.17) is 62.6 Å². The summed E-state index contributed by atoms with van der Waals surface area (Å²) in [5, 5.41) is 0. The molecule has 27 heteroatoms. The third-order valence-electron chi connectivity index (χ3n) is 12.3. The molecule has 1 aliphatic heterocycles. The van der Waals surface area contributed by atoms with Gasteiger partial charge in [0.2, 0.25) is 33.3 Å². The quantitative estimate of drug-likeness (QED) is 0.0225. The van der Waals surface area contributed by atoms with E-state index in [1.165, 1.54) is 0 Å². The highest BCUT2D eigenvalue weighted by molar-refractivity contribution is 7.89. The molecule has 4 rings (SSSR count). The van der Waals surface area contributed by atoms with Crippen molar-refractivity contribution in [1.29, 1.82) is 0 Å². The van der Waals surface area contributed by atoms with E-state index in [1.54, 1.807) is 18.2 Å². The van der Waals surface area contributed by atoms with Crippen molar-refractivity contribution < 1.29 is 97.1 Å². The van der Waals surface area contributed by atoms with E-state index >= 15 is 0 Å². The van der Waals surface area contributed by atoms with Gasteiger partial charge in [0.1, 0.15) is 5.84 Å². The molecule has 0 unspecified atom stereocenters. The smallest absolute Gasteiger partial charge is 0.313 e. The molecule has 0 aliphatic carbocycles. The Morgan fingerprint density at radius 3 is 1.45 bits per heavy atom. The molecule has 0 fully saturated rings. The van der Waals surface area contributed by atoms with Gasteiger partial charge in [-0.05, 0) is 55.3 Å². The number of carbonyl (C=O) groups is 2. The Labute approximate surface area is 502 Å². The molecule has 0 aromatic heterocycles. The van der Waals surface area contributed by atoms with Crippen LogP contribution in [0.25, 0.3) is 17.2 Å². The number of aliphatic imine (C=N–C) groups is 1. The van der Waals surface area contributed by atoms with Gasteiger partial charge in [0.05, 0.1) is 176 Å². The van der Waals surface area contributed by atoms with E-state index < -0.39 is 51.4 Å². The molecule has 0 radical (unpaired) electrons. The fourth-order valence-corrected chi connectivity index (χ4v) is 8.92. The third-order valence-corrected chi connectivity index (χ3v) is 13.7. The molecular weight excluding hydrogens is 1160 g/mol. The fourth-order valence-electron chi connectivity index (χ4n) is 7.86. The Morgan fingerprint density at radius 2 is 0.988 bits per heavy atom. The summed E-state index contributed by atoms with van der Waals surface area (Å²) in [6.07, 6.45) is 3.42. The van der Waals surface area contributed by atoms with E-state index in [0.717, 1.165) is 30.5 Å². The summed E-state index contributed by atoms with van der Waals surface area (Å²) in [6, 6.07) is 12.3. The van der Waals surface area contributed by atoms with Crippen LogP contribution < -0.4 is 15.2 Å². The molecule has 1 aliphatic rings. The SMILES string of the molecule is CCCN(CCC)C(=O)C1=Cc2ccc(-c3cccc(S(=O)(=O)NCCOCCOCCN(C)CCOCCOCCOCCOCCOCCOCCOCCOCCOCCOCCC(=O)Oc4c(F)c(F)cc(F)c4F)c3)cc2N=C(N)C1. The predicted molar refractivity (Wildman–Crippen MR) is 312 cm³/mol. The highest BCUT2D eigenvalue weighted by atomic mass is 32.2. The summed E-state index contributed by atoms with van der Waals surface area (Å²) in [6.45, 7) is 15.6. The Bertz CT molecular complexity index is 2560. The lowest BCUT2D eigenvalue weighted by Gasteiger charge is -2.22. The fraction of sp³-hybridized carbons (Fsp3) is 0.610. The van der Waals surface area contributed by atoms with E-state index in [2.05, 4.69) is 19.4 Å². The normalized spacial score (nSPS) is 12.6. The van der Waals surface area contributed by atoms with Crippen LogP contribution in [0.3, 0.4) is 0 Å². The van der Waals surface area contributed by atoms with E-state index in [0.29, 0.717) is 168 Å². The molecule has 3 aromatic rings. The molecule has 1 heterocycles. The minimum Gasteiger partial charge on any atom is -0.420 e. The summed E-state index contributed by atoms with van der Waals surface area (Å²) in [4.78, 5) is 33.8. The molecule has 0 saturated carbocycles. The van der Waals surface area contributed by atoms with Gasteiger partial charge in [-0.1, -0.05) is 38.1 Å². The van der Waals surface area contributed by atoms with Crippen molar-refractivity contribution in [1.82, 2.24) is 14.5 Å². The van der Waals surface area contributed by atoms with Gasteiger partial charge < -0.3 is 77.1 Å². The maximum Gasteiger partial charge on any atom is 0.313 e. The standard InChI is InChI=1S/C59H87F4N5O17S/c1-4-13-68(14-5-2)59(70)49-41-48-10-9-47(43-53(48)66-54(64)44-49)46-7-6-8-50(42-46)86(71,72)65-12-18-74-22-23-75-19-15-67(3)16-20-76-24-26-78-28-30-80-32-34-82-36-38-84-40-39-83-37-35-81-33-31-79-29-27-77-25-21-73-17-11-55(69)85-58-56(62)51(60)45-52(61)57(58)63/h6-10,41-43,45,65H,4-5,11-40,44H2,1-3H3,(H2,64,66). The van der Waals surface area contributed by atoms with Crippen LogP contribution in [0, 0.1) is 23.3 Å². The zero-order valence-electron chi connectivity index (χ0n) is 49.8. The van der Waals surface area contributed by atoms with Crippen LogP contribution in [0.5, 0.6) is 5.75 Å². The first-order valence-corrected chi connectivity index (χ1v) is 30.4. The lowest BCUT2D eigenvalue weighted by molar-refractivity contribution is -0.136. The molecule has 3 aromatic carbocycles. The number of nitrogens with two attached hydrogens (primary N) is 1. The van der Waals surface area contributed by atoms with Crippen LogP contribution in [0.2, 0.25) is 0 Å². The van der Waals surface area contributed by atoms with Crippen molar-refractivity contribution in [3.63, 3.8) is 0 Å². The van der Waals surface area contributed by atoms with Gasteiger partial charge in [-0.3, -0.25) is 9.59 Å². The lowest BCUT2D eigenvalue weighted by Crippen LogP contribution is -2.34. The second kappa shape index (κ2) is 44.4. The molecule has 22 nitrogen and oxygen atoms in total. The average Bonchev–Trinajstić information content (AvgIpc) is 2.76. The third kappa shape index (κ3) is 30.2. The first-order chi connectivity index (χ1) is 41.7. The van der Waals surface area contributed by atoms with Crippen LogP contribution >= 0.6 is 0 Å². The zero-order valence-corrected chi connectivity index (χ0v) is 50.6. The number of ether oxygens (including phenoxy) is 13. The first-order valence-electron chi connectivity index (χ1n) is 29.0. The number of likely N-dealkylation sites (N-methyl/N-ethyl adjacent to an activating group) is 1. The number of rotatable bonds is 51. The highest BCUT2D eigenvalue weighted by Crippen LogP contribution is 2.33. The summed E-state index contributed by atoms with van der Waals surface area (Å²) >= 11 is 0. The Hall–Kier alpha value is -5.08. The molecule has 0 saturated heterocycles. The van der Waals surface area contributed by atoms with E-state index in [1.807, 2.05) is 56.1 Å². The molecule has 3 N–H and O–H groups in total. The number of esters is 1. The average molecular weight is 1250 g/mol. The second-order valence-electron chi connectivity index (χ2n) is 19.1. The Kier molecular flexibility index (Phi) is 37.9. The van der Waals surface area contributed by atoms with Gasteiger partial charge in [-0.15, -0.1) is 0 Å². The maximum absolute atomic E-state index is 13.6. The number of benzene rings is 3. The molecular formula is C59H87F4N5O17S. The van der Waals surface area contributed by atoms with Crippen molar-refractivity contribution in [2.75, 3.05) is 198 Å². The number of hydrogen-bond acceptors (Lipinski definition) is 20. The number of amides is 1. The first kappa shape index (κ1) is 73.4. The maximum atomic E-state index is 13.6.